The summed E-state index contributed by atoms with van der Waals surface area (Å²) >= 11 is 4.46. The van der Waals surface area contributed by atoms with Gasteiger partial charge in [-0.3, -0.25) is 9.99 Å². The maximum atomic E-state index is 10.5. The van der Waals surface area contributed by atoms with Crippen LogP contribution in [0.2, 0.25) is 0 Å². The molecule has 1 atom stereocenters. The monoisotopic (exact) mass is 218 g/mol. The minimum atomic E-state index is -1.99. The number of rotatable bonds is 2. The number of hydrogen-bond acceptors (Lipinski definition) is 4. The van der Waals surface area contributed by atoms with Gasteiger partial charge < -0.3 is 10.3 Å². The summed E-state index contributed by atoms with van der Waals surface area (Å²) in [5, 5.41) is 3.61. The quantitative estimate of drug-likeness (QED) is 0.169. The second kappa shape index (κ2) is 8.01. The third-order valence-electron chi connectivity index (χ3n) is 0.615. The number of hydrazone groups is 1. The van der Waals surface area contributed by atoms with Crippen molar-refractivity contribution in [1.29, 1.82) is 0 Å². The molecule has 12 heavy (non-hydrogen) atoms. The van der Waals surface area contributed by atoms with Gasteiger partial charge in [0.1, 0.15) is 0 Å². The van der Waals surface area contributed by atoms with Gasteiger partial charge in [0.2, 0.25) is 13.9 Å². The summed E-state index contributed by atoms with van der Waals surface area (Å²) in [6.45, 7) is 3.02. The average Bonchev–Trinajstić information content (AvgIpc) is 1.82. The molecule has 0 aliphatic carbocycles. The summed E-state index contributed by atoms with van der Waals surface area (Å²) in [7, 11) is -1.99. The van der Waals surface area contributed by atoms with Gasteiger partial charge in [-0.1, -0.05) is 0 Å². The van der Waals surface area contributed by atoms with Crippen LogP contribution in [-0.4, -0.2) is 47.2 Å². The van der Waals surface area contributed by atoms with E-state index in [1.807, 2.05) is 0 Å². The molecule has 0 aromatic carbocycles. The fraction of sp³-hybridized carbons (Fsp3) is 0.500. The molecule has 0 heterocycles. The first kappa shape index (κ1) is 14.9. The van der Waals surface area contributed by atoms with Gasteiger partial charge in [-0.15, -0.1) is 5.10 Å². The van der Waals surface area contributed by atoms with Crippen molar-refractivity contribution in [3.8, 4) is 0 Å². The topological polar surface area (TPSA) is 76.7 Å². The summed E-state index contributed by atoms with van der Waals surface area (Å²) in [4.78, 5) is 0. The fourth-order valence-electron chi connectivity index (χ4n) is 0.365. The Morgan fingerprint density at radius 2 is 2.25 bits per heavy atom. The Bertz CT molecular complexity index is 210. The van der Waals surface area contributed by atoms with Crippen LogP contribution >= 0.6 is 20.2 Å². The molecular formula is C4H10N3NaO2PS. The number of hydrogen-bond donors (Lipinski definition) is 2. The van der Waals surface area contributed by atoms with E-state index in [4.69, 9.17) is 10.3 Å². The Balaban J connectivity index is 0. The molecule has 5 nitrogen and oxygen atoms in total. The third-order valence-corrected chi connectivity index (χ3v) is 1.29. The van der Waals surface area contributed by atoms with E-state index in [2.05, 4.69) is 22.7 Å². The largest absolute Gasteiger partial charge is 0.430 e. The van der Waals surface area contributed by atoms with Crippen LogP contribution in [-0.2, 0) is 9.09 Å². The van der Waals surface area contributed by atoms with Crippen LogP contribution in [0.3, 0.4) is 0 Å². The maximum absolute atomic E-state index is 10.5. The molecule has 0 spiro atoms. The smallest absolute Gasteiger partial charge is 0.235 e. The summed E-state index contributed by atoms with van der Waals surface area (Å²) in [5.74, 6) is 0.254. The second-order valence-electron chi connectivity index (χ2n) is 1.70. The standard InChI is InChI=1S/C4H10N3O2PS.Na/c1-3(9-10(2)8)6-7-4(5)11;/h10H,1-2H3,(H3,5,7,11);. The Morgan fingerprint density at radius 3 is 2.58 bits per heavy atom. The van der Waals surface area contributed by atoms with Gasteiger partial charge in [-0.2, -0.15) is 0 Å². The van der Waals surface area contributed by atoms with E-state index in [9.17, 15) is 4.57 Å². The summed E-state index contributed by atoms with van der Waals surface area (Å²) in [6.07, 6.45) is 0. The Labute approximate surface area is 99.3 Å². The predicted molar refractivity (Wildman–Crippen MR) is 54.8 cm³/mol. The molecular weight excluding hydrogens is 208 g/mol. The zero-order chi connectivity index (χ0) is 8.85. The minimum absolute atomic E-state index is 0. The van der Waals surface area contributed by atoms with Crippen LogP contribution in [0.4, 0.5) is 0 Å². The van der Waals surface area contributed by atoms with Crippen molar-refractivity contribution in [2.45, 2.75) is 6.92 Å². The zero-order valence-electron chi connectivity index (χ0n) is 7.25. The van der Waals surface area contributed by atoms with Crippen LogP contribution < -0.4 is 11.2 Å². The van der Waals surface area contributed by atoms with E-state index >= 15 is 0 Å². The Hall–Kier alpha value is 0.390. The van der Waals surface area contributed by atoms with Crippen LogP contribution in [0.25, 0.3) is 0 Å². The molecule has 0 amide bonds. The number of thiocarbonyl (C=S) groups is 1. The molecule has 0 saturated heterocycles. The fourth-order valence-corrected chi connectivity index (χ4v) is 0.872. The Kier molecular flexibility index (Phi) is 9.94. The molecule has 0 aliphatic rings. The van der Waals surface area contributed by atoms with E-state index in [1.54, 1.807) is 6.92 Å². The van der Waals surface area contributed by atoms with Gasteiger partial charge in [0.15, 0.2) is 5.11 Å². The predicted octanol–water partition coefficient (Wildman–Crippen LogP) is -0.107. The van der Waals surface area contributed by atoms with Crippen LogP contribution in [0.5, 0.6) is 0 Å². The van der Waals surface area contributed by atoms with E-state index in [0.717, 1.165) is 0 Å². The van der Waals surface area contributed by atoms with E-state index in [0.29, 0.717) is 0 Å². The molecule has 65 valence electrons. The molecule has 0 aromatic heterocycles. The first-order chi connectivity index (χ1) is 5.02. The van der Waals surface area contributed by atoms with E-state index < -0.39 is 8.03 Å². The maximum Gasteiger partial charge on any atom is 0.235 e. The minimum Gasteiger partial charge on any atom is -0.430 e. The molecule has 0 saturated carbocycles. The van der Waals surface area contributed by atoms with Gasteiger partial charge in [0.25, 0.3) is 0 Å². The molecule has 8 heteroatoms. The SMILES string of the molecule is CC(=NNC(N)=S)O[PH](C)=O.[Na]. The van der Waals surface area contributed by atoms with Gasteiger partial charge in [0, 0.05) is 43.1 Å². The average molecular weight is 218 g/mol. The molecule has 0 bridgehead atoms. The number of nitrogens with zero attached hydrogens (tertiary/aromatic N) is 1. The third kappa shape index (κ3) is 10.4. The van der Waals surface area contributed by atoms with Crippen molar-refractivity contribution in [2.24, 2.45) is 10.8 Å². The molecule has 0 fully saturated rings. The van der Waals surface area contributed by atoms with Crippen molar-refractivity contribution in [3.63, 3.8) is 0 Å². The number of nitrogens with two attached hydrogens (primary N) is 1. The molecule has 1 unspecified atom stereocenters. The van der Waals surface area contributed by atoms with Gasteiger partial charge >= 0.3 is 0 Å². The van der Waals surface area contributed by atoms with Crippen molar-refractivity contribution in [1.82, 2.24) is 5.43 Å². The zero-order valence-corrected chi connectivity index (χ0v) is 11.1. The first-order valence-corrected chi connectivity index (χ1v) is 5.03. The van der Waals surface area contributed by atoms with Crippen molar-refractivity contribution in [3.05, 3.63) is 0 Å². The molecule has 1 radical (unpaired) electrons. The van der Waals surface area contributed by atoms with Gasteiger partial charge in [0.05, 0.1) is 0 Å². The van der Waals surface area contributed by atoms with Gasteiger partial charge in [-0.25, -0.2) is 0 Å². The Morgan fingerprint density at radius 1 is 1.75 bits per heavy atom. The van der Waals surface area contributed by atoms with Crippen molar-refractivity contribution < 1.29 is 9.09 Å². The first-order valence-electron chi connectivity index (χ1n) is 2.80. The van der Waals surface area contributed by atoms with Crippen LogP contribution in [0.1, 0.15) is 6.92 Å². The molecule has 0 rings (SSSR count). The summed E-state index contributed by atoms with van der Waals surface area (Å²) in [5.41, 5.74) is 7.36. The normalized spacial score (nSPS) is 12.7. The second-order valence-corrected chi connectivity index (χ2v) is 3.33. The molecule has 3 N–H and O–H groups in total. The molecule has 0 aliphatic heterocycles. The van der Waals surface area contributed by atoms with Gasteiger partial charge in [-0.05, 0) is 12.2 Å². The van der Waals surface area contributed by atoms with Crippen molar-refractivity contribution in [2.75, 3.05) is 6.66 Å². The number of nitrogens with one attached hydrogen (secondary N) is 1. The van der Waals surface area contributed by atoms with E-state index in [-0.39, 0.29) is 40.6 Å². The summed E-state index contributed by atoms with van der Waals surface area (Å²) in [6, 6.07) is 0. The van der Waals surface area contributed by atoms with Crippen LogP contribution in [0, 0.1) is 0 Å². The molecule has 0 aromatic rings. The van der Waals surface area contributed by atoms with Crippen molar-refractivity contribution >= 4 is 60.8 Å². The van der Waals surface area contributed by atoms with E-state index in [1.165, 1.54) is 6.66 Å². The van der Waals surface area contributed by atoms with Crippen LogP contribution in [0.15, 0.2) is 5.10 Å². The summed E-state index contributed by atoms with van der Waals surface area (Å²) < 4.78 is 15.2.